The zero-order chi connectivity index (χ0) is 16.5. The Morgan fingerprint density at radius 3 is 2.83 bits per heavy atom. The zero-order valence-electron chi connectivity index (χ0n) is 13.8. The van der Waals surface area contributed by atoms with Gasteiger partial charge >= 0.3 is 0 Å². The van der Waals surface area contributed by atoms with Crippen molar-refractivity contribution < 1.29 is 9.53 Å². The summed E-state index contributed by atoms with van der Waals surface area (Å²) < 4.78 is 5.80. The summed E-state index contributed by atoms with van der Waals surface area (Å²) in [7, 11) is 0. The minimum absolute atomic E-state index is 0.0148. The minimum Gasteiger partial charge on any atom is -0.447 e. The summed E-state index contributed by atoms with van der Waals surface area (Å²) in [6, 6.07) is 9.68. The lowest BCUT2D eigenvalue weighted by Crippen LogP contribution is -2.46. The van der Waals surface area contributed by atoms with Gasteiger partial charge in [-0.2, -0.15) is 0 Å². The van der Waals surface area contributed by atoms with Crippen molar-refractivity contribution in [2.24, 2.45) is 5.92 Å². The number of thiophene rings is 1. The van der Waals surface area contributed by atoms with E-state index in [4.69, 9.17) is 4.74 Å². The van der Waals surface area contributed by atoms with Gasteiger partial charge in [-0.05, 0) is 73.5 Å². The molecule has 5 heteroatoms. The van der Waals surface area contributed by atoms with E-state index < -0.39 is 0 Å². The van der Waals surface area contributed by atoms with E-state index in [9.17, 15) is 4.79 Å². The molecule has 4 nitrogen and oxygen atoms in total. The Bertz CT molecular complexity index is 713. The third-order valence-corrected chi connectivity index (χ3v) is 5.77. The van der Waals surface area contributed by atoms with Gasteiger partial charge in [-0.1, -0.05) is 0 Å². The molecule has 0 saturated carbocycles. The highest BCUT2D eigenvalue weighted by atomic mass is 32.1. The van der Waals surface area contributed by atoms with Crippen molar-refractivity contribution in [2.45, 2.75) is 25.8 Å². The number of hydrogen-bond donors (Lipinski definition) is 1. The van der Waals surface area contributed by atoms with Crippen LogP contribution in [0.2, 0.25) is 0 Å². The third kappa shape index (κ3) is 3.47. The van der Waals surface area contributed by atoms with E-state index in [2.05, 4.69) is 15.6 Å². The first-order valence-corrected chi connectivity index (χ1v) is 9.40. The monoisotopic (exact) mass is 342 g/mol. The number of benzene rings is 1. The Balaban J connectivity index is 1.36. The molecule has 126 valence electrons. The van der Waals surface area contributed by atoms with Crippen LogP contribution in [0.25, 0.3) is 0 Å². The van der Waals surface area contributed by atoms with Gasteiger partial charge in [-0.15, -0.1) is 11.3 Å². The Hall–Kier alpha value is -1.85. The van der Waals surface area contributed by atoms with Gasteiger partial charge < -0.3 is 15.0 Å². The maximum absolute atomic E-state index is 12.5. The highest BCUT2D eigenvalue weighted by Gasteiger charge is 2.32. The molecule has 3 atom stereocenters. The number of aryl methyl sites for hydroxylation is 1. The summed E-state index contributed by atoms with van der Waals surface area (Å²) in [5, 5.41) is 6.12. The summed E-state index contributed by atoms with van der Waals surface area (Å²) >= 11 is 1.58. The fraction of sp³-hybridized carbons (Fsp3) is 0.421. The number of nitrogens with zero attached hydrogens (tertiary/aromatic N) is 1. The summed E-state index contributed by atoms with van der Waals surface area (Å²) in [5.74, 6) is 1.53. The fourth-order valence-electron chi connectivity index (χ4n) is 3.68. The number of fused-ring (bicyclic) bond motifs is 2. The van der Waals surface area contributed by atoms with Crippen LogP contribution in [-0.2, 0) is 0 Å². The summed E-state index contributed by atoms with van der Waals surface area (Å²) in [6.45, 7) is 5.43. The first-order chi connectivity index (χ1) is 11.7. The second kappa shape index (κ2) is 6.57. The predicted octanol–water partition coefficient (Wildman–Crippen LogP) is 3.67. The first-order valence-electron chi connectivity index (χ1n) is 8.52. The molecule has 3 heterocycles. The van der Waals surface area contributed by atoms with Gasteiger partial charge in [0.2, 0.25) is 0 Å². The second-order valence-electron chi connectivity index (χ2n) is 6.89. The van der Waals surface area contributed by atoms with E-state index in [1.54, 1.807) is 11.3 Å². The fourth-order valence-corrected chi connectivity index (χ4v) is 4.45. The number of carbonyl (C=O) groups is 1. The standard InChI is InChI=1S/C19H22N2O2S/c1-13-8-18(24-12-13)23-17-4-2-15(3-5-17)19(22)20-16-9-14-6-7-21(10-14)11-16/h2-5,8,12,14,16H,6-7,9-11H2,1H3,(H,20,22)/t14-,16+/m0/s1. The van der Waals surface area contributed by atoms with Crippen molar-refractivity contribution in [3.8, 4) is 10.8 Å². The van der Waals surface area contributed by atoms with E-state index in [1.165, 1.54) is 25.1 Å². The summed E-state index contributed by atoms with van der Waals surface area (Å²) in [6.07, 6.45) is 2.39. The van der Waals surface area contributed by atoms with E-state index >= 15 is 0 Å². The van der Waals surface area contributed by atoms with Crippen molar-refractivity contribution in [1.82, 2.24) is 10.2 Å². The molecule has 2 bridgehead atoms. The van der Waals surface area contributed by atoms with Crippen LogP contribution < -0.4 is 10.1 Å². The van der Waals surface area contributed by atoms with Crippen LogP contribution in [-0.4, -0.2) is 36.5 Å². The number of rotatable bonds is 4. The number of nitrogens with one attached hydrogen (secondary N) is 1. The number of piperidine rings is 1. The molecule has 1 N–H and O–H groups in total. The molecular formula is C19H22N2O2S. The highest BCUT2D eigenvalue weighted by molar-refractivity contribution is 7.12. The molecule has 0 aliphatic carbocycles. The van der Waals surface area contributed by atoms with Crippen LogP contribution in [0, 0.1) is 12.8 Å². The molecule has 4 rings (SSSR count). The van der Waals surface area contributed by atoms with Crippen molar-refractivity contribution >= 4 is 17.2 Å². The SMILES string of the molecule is Cc1csc(Oc2ccc(C(=O)N[C@@H]3C[C@@H]4CCN(C4)C3)cc2)c1. The number of ether oxygens (including phenoxy) is 1. The molecule has 2 aromatic rings. The molecule has 1 amide bonds. The van der Waals surface area contributed by atoms with E-state index in [0.29, 0.717) is 5.56 Å². The molecule has 0 radical (unpaired) electrons. The third-order valence-electron chi connectivity index (χ3n) is 4.84. The lowest BCUT2D eigenvalue weighted by molar-refractivity contribution is 0.0909. The molecule has 0 spiro atoms. The van der Waals surface area contributed by atoms with Gasteiger partial charge in [0, 0.05) is 24.7 Å². The van der Waals surface area contributed by atoms with Crippen LogP contribution in [0.15, 0.2) is 35.7 Å². The van der Waals surface area contributed by atoms with E-state index in [1.807, 2.05) is 37.3 Å². The average Bonchev–Trinajstić information content (AvgIpc) is 3.13. The Kier molecular flexibility index (Phi) is 4.29. The first kappa shape index (κ1) is 15.7. The molecule has 2 saturated heterocycles. The lowest BCUT2D eigenvalue weighted by atomic mass is 9.96. The van der Waals surface area contributed by atoms with Crippen molar-refractivity contribution in [1.29, 1.82) is 0 Å². The molecule has 2 aliphatic rings. The van der Waals surface area contributed by atoms with Gasteiger partial charge in [-0.3, -0.25) is 4.79 Å². The second-order valence-corrected chi connectivity index (χ2v) is 7.76. The van der Waals surface area contributed by atoms with Crippen LogP contribution in [0.4, 0.5) is 0 Å². The van der Waals surface area contributed by atoms with Crippen molar-refractivity contribution in [3.05, 3.63) is 46.8 Å². The van der Waals surface area contributed by atoms with Crippen LogP contribution in [0.3, 0.4) is 0 Å². The molecule has 2 aliphatic heterocycles. The zero-order valence-corrected chi connectivity index (χ0v) is 14.6. The van der Waals surface area contributed by atoms with E-state index in [-0.39, 0.29) is 11.9 Å². The molecule has 1 aromatic heterocycles. The molecule has 2 fully saturated rings. The molecule has 1 aromatic carbocycles. The topological polar surface area (TPSA) is 41.6 Å². The van der Waals surface area contributed by atoms with Crippen LogP contribution in [0.5, 0.6) is 10.8 Å². The lowest BCUT2D eigenvalue weighted by Gasteiger charge is -2.30. The number of hydrogen-bond acceptors (Lipinski definition) is 4. The van der Waals surface area contributed by atoms with Gasteiger partial charge in [0.1, 0.15) is 5.75 Å². The minimum atomic E-state index is 0.0148. The van der Waals surface area contributed by atoms with Gasteiger partial charge in [0.15, 0.2) is 5.06 Å². The molecule has 24 heavy (non-hydrogen) atoms. The van der Waals surface area contributed by atoms with Gasteiger partial charge in [0.25, 0.3) is 5.91 Å². The Labute approximate surface area is 146 Å². The average molecular weight is 342 g/mol. The number of carbonyl (C=O) groups excluding carboxylic acids is 1. The normalized spacial score (nSPS) is 25.5. The van der Waals surface area contributed by atoms with Crippen LogP contribution in [0.1, 0.15) is 28.8 Å². The largest absolute Gasteiger partial charge is 0.447 e. The number of amides is 1. The van der Waals surface area contributed by atoms with Crippen molar-refractivity contribution in [3.63, 3.8) is 0 Å². The molecular weight excluding hydrogens is 320 g/mol. The Morgan fingerprint density at radius 2 is 2.12 bits per heavy atom. The molecule has 1 unspecified atom stereocenters. The van der Waals surface area contributed by atoms with Gasteiger partial charge in [-0.25, -0.2) is 0 Å². The van der Waals surface area contributed by atoms with Crippen molar-refractivity contribution in [2.75, 3.05) is 19.6 Å². The summed E-state index contributed by atoms with van der Waals surface area (Å²) in [5.41, 5.74) is 1.89. The Morgan fingerprint density at radius 1 is 1.29 bits per heavy atom. The van der Waals surface area contributed by atoms with Crippen LogP contribution >= 0.6 is 11.3 Å². The smallest absolute Gasteiger partial charge is 0.251 e. The van der Waals surface area contributed by atoms with Gasteiger partial charge in [0.05, 0.1) is 0 Å². The maximum atomic E-state index is 12.5. The van der Waals surface area contributed by atoms with E-state index in [0.717, 1.165) is 29.7 Å². The predicted molar refractivity (Wildman–Crippen MR) is 96.0 cm³/mol. The quantitative estimate of drug-likeness (QED) is 0.922. The highest BCUT2D eigenvalue weighted by Crippen LogP contribution is 2.29. The maximum Gasteiger partial charge on any atom is 0.251 e. The summed E-state index contributed by atoms with van der Waals surface area (Å²) in [4.78, 5) is 14.9.